The van der Waals surface area contributed by atoms with Gasteiger partial charge in [-0.3, -0.25) is 10.1 Å². The molecule has 20 heavy (non-hydrogen) atoms. The summed E-state index contributed by atoms with van der Waals surface area (Å²) in [5.41, 5.74) is 1.59. The maximum Gasteiger partial charge on any atom is 0.312 e. The molecule has 0 amide bonds. The minimum atomic E-state index is -0.549. The van der Waals surface area contributed by atoms with Gasteiger partial charge in [-0.2, -0.15) is 0 Å². The molecule has 106 valence electrons. The zero-order chi connectivity index (χ0) is 14.9. The number of nitrogens with one attached hydrogen (secondary N) is 1. The molecule has 5 nitrogen and oxygen atoms in total. The lowest BCUT2D eigenvalue weighted by molar-refractivity contribution is -0.418. The number of hydrogen-bond donors (Lipinski definition) is 1. The van der Waals surface area contributed by atoms with Crippen molar-refractivity contribution >= 4 is 34.6 Å². The third-order valence-corrected chi connectivity index (χ3v) is 3.51. The molecular formula is C13H12Cl2N2O3. The number of fused-ring (bicyclic) bond motifs is 1. The Morgan fingerprint density at radius 2 is 2.15 bits per heavy atom. The van der Waals surface area contributed by atoms with Crippen LogP contribution in [0.3, 0.4) is 0 Å². The fourth-order valence-electron chi connectivity index (χ4n) is 1.87. The molecule has 0 aliphatic carbocycles. The maximum atomic E-state index is 11.2. The van der Waals surface area contributed by atoms with Gasteiger partial charge < -0.3 is 10.1 Å². The van der Waals surface area contributed by atoms with E-state index in [1.54, 1.807) is 18.2 Å². The molecule has 0 unspecified atom stereocenters. The number of nitrogens with zero attached hydrogens (tertiary/aromatic N) is 1. The third-order valence-electron chi connectivity index (χ3n) is 2.76. The molecule has 1 aromatic carbocycles. The standard InChI is InChI=1S/C13H12Cl2N2O3/c1-3-20-8-4-5-10-9(6-8)12(16-10)13(17(18)19)11(15)7(2)14/h4-6,16H,3H2,1-2H3. The lowest BCUT2D eigenvalue weighted by Gasteiger charge is -2.25. The quantitative estimate of drug-likeness (QED) is 0.669. The highest BCUT2D eigenvalue weighted by Crippen LogP contribution is 2.42. The number of halogens is 2. The molecule has 0 radical (unpaired) electrons. The molecule has 0 saturated carbocycles. The minimum Gasteiger partial charge on any atom is -0.494 e. The fraction of sp³-hybridized carbons (Fsp3) is 0.231. The van der Waals surface area contributed by atoms with Crippen LogP contribution < -0.4 is 10.1 Å². The molecule has 2 rings (SSSR count). The molecule has 0 bridgehead atoms. The first-order valence-electron chi connectivity index (χ1n) is 5.90. The van der Waals surface area contributed by atoms with Gasteiger partial charge in [0.15, 0.2) is 0 Å². The Hall–Kier alpha value is -1.72. The summed E-state index contributed by atoms with van der Waals surface area (Å²) in [6.07, 6.45) is 0. The monoisotopic (exact) mass is 314 g/mol. The van der Waals surface area contributed by atoms with Gasteiger partial charge in [0.05, 0.1) is 11.5 Å². The van der Waals surface area contributed by atoms with Crippen molar-refractivity contribution in [2.45, 2.75) is 13.8 Å². The van der Waals surface area contributed by atoms with Crippen LogP contribution in [0.25, 0.3) is 5.70 Å². The molecular weight excluding hydrogens is 303 g/mol. The van der Waals surface area contributed by atoms with E-state index in [1.807, 2.05) is 6.92 Å². The fourth-order valence-corrected chi connectivity index (χ4v) is 2.12. The van der Waals surface area contributed by atoms with Crippen LogP contribution in [0, 0.1) is 10.1 Å². The first-order valence-corrected chi connectivity index (χ1v) is 6.66. The maximum absolute atomic E-state index is 11.2. The van der Waals surface area contributed by atoms with Crippen LogP contribution in [0.1, 0.15) is 19.4 Å². The smallest absolute Gasteiger partial charge is 0.312 e. The lowest BCUT2D eigenvalue weighted by Crippen LogP contribution is -2.18. The average Bonchev–Trinajstić information content (AvgIpc) is 2.36. The SMILES string of the molecule is CCOc1ccc2c(c1)C(=C(C(Cl)=C(C)Cl)[N+](=O)[O-])N2. The van der Waals surface area contributed by atoms with Gasteiger partial charge in [0.1, 0.15) is 16.5 Å². The first kappa shape index (κ1) is 14.7. The topological polar surface area (TPSA) is 64.4 Å². The Morgan fingerprint density at radius 1 is 1.45 bits per heavy atom. The summed E-state index contributed by atoms with van der Waals surface area (Å²) in [5, 5.41) is 14.2. The molecule has 0 atom stereocenters. The van der Waals surface area contributed by atoms with E-state index in [9.17, 15) is 10.1 Å². The van der Waals surface area contributed by atoms with Crippen LogP contribution in [-0.4, -0.2) is 11.5 Å². The Kier molecular flexibility index (Phi) is 4.20. The normalized spacial score (nSPS) is 16.4. The second-order valence-corrected chi connectivity index (χ2v) is 5.04. The number of allylic oxidation sites excluding steroid dienone is 2. The summed E-state index contributed by atoms with van der Waals surface area (Å²) in [6, 6.07) is 5.33. The number of hydrogen-bond acceptors (Lipinski definition) is 4. The summed E-state index contributed by atoms with van der Waals surface area (Å²) in [6.45, 7) is 3.90. The number of benzene rings is 1. The van der Waals surface area contributed by atoms with Crippen LogP contribution in [0.2, 0.25) is 0 Å². The van der Waals surface area contributed by atoms with Gasteiger partial charge in [0, 0.05) is 16.3 Å². The van der Waals surface area contributed by atoms with Crippen molar-refractivity contribution in [3.8, 4) is 5.75 Å². The van der Waals surface area contributed by atoms with Crippen molar-refractivity contribution in [2.24, 2.45) is 0 Å². The minimum absolute atomic E-state index is 0.0772. The molecule has 1 aromatic rings. The highest BCUT2D eigenvalue weighted by molar-refractivity contribution is 6.40. The summed E-state index contributed by atoms with van der Waals surface area (Å²) < 4.78 is 5.38. The van der Waals surface area contributed by atoms with E-state index in [0.29, 0.717) is 23.6 Å². The summed E-state index contributed by atoms with van der Waals surface area (Å²) in [7, 11) is 0. The van der Waals surface area contributed by atoms with Crippen molar-refractivity contribution in [3.05, 3.63) is 49.6 Å². The molecule has 0 saturated heterocycles. The van der Waals surface area contributed by atoms with Crippen molar-refractivity contribution in [1.82, 2.24) is 0 Å². The Morgan fingerprint density at radius 3 is 2.70 bits per heavy atom. The Bertz CT molecular complexity index is 635. The van der Waals surface area contributed by atoms with E-state index in [2.05, 4.69) is 5.32 Å². The zero-order valence-corrected chi connectivity index (χ0v) is 12.4. The van der Waals surface area contributed by atoms with E-state index in [1.165, 1.54) is 6.92 Å². The van der Waals surface area contributed by atoms with Gasteiger partial charge in [-0.25, -0.2) is 0 Å². The Labute approximate surface area is 126 Å². The second kappa shape index (κ2) is 5.73. The molecule has 0 spiro atoms. The molecule has 1 N–H and O–H groups in total. The zero-order valence-electron chi connectivity index (χ0n) is 10.9. The summed E-state index contributed by atoms with van der Waals surface area (Å²) in [5.74, 6) is 0.649. The van der Waals surface area contributed by atoms with Gasteiger partial charge in [-0.15, -0.1) is 0 Å². The van der Waals surface area contributed by atoms with E-state index in [0.717, 1.165) is 5.69 Å². The van der Waals surface area contributed by atoms with E-state index >= 15 is 0 Å². The summed E-state index contributed by atoms with van der Waals surface area (Å²) >= 11 is 11.7. The molecule has 1 heterocycles. The van der Waals surface area contributed by atoms with Gasteiger partial charge in [-0.1, -0.05) is 23.2 Å². The molecule has 0 fully saturated rings. The molecule has 1 aliphatic rings. The van der Waals surface area contributed by atoms with E-state index < -0.39 is 4.92 Å². The van der Waals surface area contributed by atoms with Crippen molar-refractivity contribution in [1.29, 1.82) is 0 Å². The predicted molar refractivity (Wildman–Crippen MR) is 79.6 cm³/mol. The number of nitro groups is 1. The largest absolute Gasteiger partial charge is 0.494 e. The number of anilines is 1. The van der Waals surface area contributed by atoms with Gasteiger partial charge in [-0.05, 0) is 32.0 Å². The third kappa shape index (κ3) is 2.59. The Balaban J connectivity index is 2.53. The number of rotatable bonds is 4. The molecule has 1 aliphatic heterocycles. The van der Waals surface area contributed by atoms with Crippen LogP contribution >= 0.6 is 23.2 Å². The van der Waals surface area contributed by atoms with Crippen LogP contribution in [0.5, 0.6) is 5.75 Å². The van der Waals surface area contributed by atoms with Crippen molar-refractivity contribution in [2.75, 3.05) is 11.9 Å². The highest BCUT2D eigenvalue weighted by atomic mass is 35.5. The summed E-state index contributed by atoms with van der Waals surface area (Å²) in [4.78, 5) is 10.7. The second-order valence-electron chi connectivity index (χ2n) is 4.09. The highest BCUT2D eigenvalue weighted by Gasteiger charge is 2.32. The first-order chi connectivity index (χ1) is 9.45. The van der Waals surface area contributed by atoms with E-state index in [4.69, 9.17) is 27.9 Å². The van der Waals surface area contributed by atoms with Crippen molar-refractivity contribution in [3.63, 3.8) is 0 Å². The van der Waals surface area contributed by atoms with Crippen LogP contribution in [0.4, 0.5) is 5.69 Å². The predicted octanol–water partition coefficient (Wildman–Crippen LogP) is 4.17. The molecule has 0 aromatic heterocycles. The van der Waals surface area contributed by atoms with Crippen LogP contribution in [-0.2, 0) is 0 Å². The van der Waals surface area contributed by atoms with Crippen LogP contribution in [0.15, 0.2) is 34.0 Å². The van der Waals surface area contributed by atoms with Gasteiger partial charge in [0.25, 0.3) is 0 Å². The van der Waals surface area contributed by atoms with E-state index in [-0.39, 0.29) is 15.8 Å². The van der Waals surface area contributed by atoms with Crippen molar-refractivity contribution < 1.29 is 9.66 Å². The molecule has 7 heteroatoms. The van der Waals surface area contributed by atoms with Gasteiger partial charge >= 0.3 is 5.70 Å². The van der Waals surface area contributed by atoms with Gasteiger partial charge in [0.2, 0.25) is 0 Å². The number of ether oxygens (including phenoxy) is 1. The lowest BCUT2D eigenvalue weighted by atomic mass is 9.99. The average molecular weight is 315 g/mol.